The number of benzene rings is 1. The molecule has 154 valence electrons. The first kappa shape index (κ1) is 20.6. The topological polar surface area (TPSA) is 65.1 Å². The van der Waals surface area contributed by atoms with Crippen LogP contribution in [0.25, 0.3) is 0 Å². The van der Waals surface area contributed by atoms with E-state index in [9.17, 15) is 9.59 Å². The van der Waals surface area contributed by atoms with Crippen LogP contribution in [-0.2, 0) is 16.0 Å². The van der Waals surface area contributed by atoms with Crippen LogP contribution in [0.3, 0.4) is 0 Å². The highest BCUT2D eigenvalue weighted by Gasteiger charge is 2.26. The van der Waals surface area contributed by atoms with Gasteiger partial charge in [0.1, 0.15) is 5.75 Å². The van der Waals surface area contributed by atoms with Crippen LogP contribution in [0.1, 0.15) is 25.3 Å². The van der Waals surface area contributed by atoms with Gasteiger partial charge in [0.05, 0.1) is 20.2 Å². The van der Waals surface area contributed by atoms with E-state index in [0.717, 1.165) is 70.0 Å². The molecule has 2 heterocycles. The standard InChI is InChI=1S/C21H32N4O3/c1-3-8-22-20(26)15-23-10-12-24(13-11-23)16-21(27)25-9-4-5-17-14-18(28-2)6-7-19(17)25/h6-7,14H,3-5,8-13,15-16H2,1-2H3,(H,22,26). The Hall–Kier alpha value is -2.12. The van der Waals surface area contributed by atoms with Gasteiger partial charge in [0, 0.05) is 45.0 Å². The van der Waals surface area contributed by atoms with E-state index in [1.807, 2.05) is 30.0 Å². The third-order valence-electron chi connectivity index (χ3n) is 5.47. The molecule has 0 atom stereocenters. The summed E-state index contributed by atoms with van der Waals surface area (Å²) in [5.74, 6) is 1.08. The fraction of sp³-hybridized carbons (Fsp3) is 0.619. The van der Waals surface area contributed by atoms with Crippen LogP contribution in [0, 0.1) is 0 Å². The van der Waals surface area contributed by atoms with Gasteiger partial charge in [-0.3, -0.25) is 19.4 Å². The van der Waals surface area contributed by atoms with Crippen molar-refractivity contribution in [2.24, 2.45) is 0 Å². The third-order valence-corrected chi connectivity index (χ3v) is 5.47. The zero-order chi connectivity index (χ0) is 19.9. The number of rotatable bonds is 7. The number of carbonyl (C=O) groups is 2. The van der Waals surface area contributed by atoms with Gasteiger partial charge in [-0.1, -0.05) is 6.92 Å². The molecule has 1 aromatic carbocycles. The summed E-state index contributed by atoms with van der Waals surface area (Å²) in [6.45, 7) is 7.71. The van der Waals surface area contributed by atoms with E-state index in [2.05, 4.69) is 15.1 Å². The summed E-state index contributed by atoms with van der Waals surface area (Å²) in [6.07, 6.45) is 2.91. The maximum atomic E-state index is 12.9. The molecule has 7 heteroatoms. The lowest BCUT2D eigenvalue weighted by Crippen LogP contribution is -2.52. The summed E-state index contributed by atoms with van der Waals surface area (Å²) >= 11 is 0. The van der Waals surface area contributed by atoms with Gasteiger partial charge in [0.25, 0.3) is 0 Å². The van der Waals surface area contributed by atoms with Crippen LogP contribution < -0.4 is 15.0 Å². The van der Waals surface area contributed by atoms with Gasteiger partial charge in [-0.2, -0.15) is 0 Å². The smallest absolute Gasteiger partial charge is 0.241 e. The molecule has 0 saturated carbocycles. The number of hydrogen-bond acceptors (Lipinski definition) is 5. The van der Waals surface area contributed by atoms with Crippen molar-refractivity contribution in [3.05, 3.63) is 23.8 Å². The van der Waals surface area contributed by atoms with E-state index in [-0.39, 0.29) is 11.8 Å². The van der Waals surface area contributed by atoms with Gasteiger partial charge in [-0.05, 0) is 43.0 Å². The molecule has 28 heavy (non-hydrogen) atoms. The van der Waals surface area contributed by atoms with E-state index < -0.39 is 0 Å². The van der Waals surface area contributed by atoms with Crippen LogP contribution >= 0.6 is 0 Å². The van der Waals surface area contributed by atoms with Crippen LogP contribution in [0.15, 0.2) is 18.2 Å². The zero-order valence-electron chi connectivity index (χ0n) is 17.1. The third kappa shape index (κ3) is 5.23. The molecular weight excluding hydrogens is 356 g/mol. The summed E-state index contributed by atoms with van der Waals surface area (Å²) in [7, 11) is 1.67. The maximum Gasteiger partial charge on any atom is 0.241 e. The van der Waals surface area contributed by atoms with Crippen molar-refractivity contribution < 1.29 is 14.3 Å². The molecule has 0 unspecified atom stereocenters. The lowest BCUT2D eigenvalue weighted by molar-refractivity contribution is -0.124. The Labute approximate surface area is 167 Å². The number of nitrogens with one attached hydrogen (secondary N) is 1. The number of ether oxygens (including phenoxy) is 1. The van der Waals surface area contributed by atoms with Crippen molar-refractivity contribution in [3.63, 3.8) is 0 Å². The summed E-state index contributed by atoms with van der Waals surface area (Å²) in [6, 6.07) is 5.96. The number of piperazine rings is 1. The molecule has 0 spiro atoms. The maximum absolute atomic E-state index is 12.9. The van der Waals surface area contributed by atoms with Crippen LogP contribution in [-0.4, -0.2) is 81.1 Å². The second-order valence-electron chi connectivity index (χ2n) is 7.55. The molecule has 0 aliphatic carbocycles. The Kier molecular flexibility index (Phi) is 7.28. The molecular formula is C21H32N4O3. The molecule has 2 aliphatic rings. The highest BCUT2D eigenvalue weighted by molar-refractivity contribution is 5.96. The lowest BCUT2D eigenvalue weighted by atomic mass is 10.0. The fourth-order valence-electron chi connectivity index (χ4n) is 3.87. The van der Waals surface area contributed by atoms with E-state index in [1.54, 1.807) is 7.11 Å². The first-order valence-electron chi connectivity index (χ1n) is 10.3. The Morgan fingerprint density at radius 2 is 1.79 bits per heavy atom. The largest absolute Gasteiger partial charge is 0.497 e. The van der Waals surface area contributed by atoms with Gasteiger partial charge in [0.15, 0.2) is 0 Å². The Morgan fingerprint density at radius 1 is 1.07 bits per heavy atom. The zero-order valence-corrected chi connectivity index (χ0v) is 17.1. The quantitative estimate of drug-likeness (QED) is 0.758. The van der Waals surface area contributed by atoms with E-state index in [1.165, 1.54) is 5.56 Å². The van der Waals surface area contributed by atoms with Crippen molar-refractivity contribution in [3.8, 4) is 5.75 Å². The SMILES string of the molecule is CCCNC(=O)CN1CCN(CC(=O)N2CCCc3cc(OC)ccc32)CC1. The molecule has 1 aromatic rings. The molecule has 1 saturated heterocycles. The van der Waals surface area contributed by atoms with Gasteiger partial charge in [-0.25, -0.2) is 0 Å². The molecule has 0 aromatic heterocycles. The highest BCUT2D eigenvalue weighted by atomic mass is 16.5. The summed E-state index contributed by atoms with van der Waals surface area (Å²) in [5.41, 5.74) is 2.20. The lowest BCUT2D eigenvalue weighted by Gasteiger charge is -2.36. The number of hydrogen-bond donors (Lipinski definition) is 1. The number of fused-ring (bicyclic) bond motifs is 1. The normalized spacial score (nSPS) is 17.9. The van der Waals surface area contributed by atoms with Crippen LogP contribution in [0.5, 0.6) is 5.75 Å². The summed E-state index contributed by atoms with van der Waals surface area (Å²) in [5, 5.41) is 2.92. The average Bonchev–Trinajstić information content (AvgIpc) is 2.72. The predicted molar refractivity (Wildman–Crippen MR) is 110 cm³/mol. The molecule has 0 radical (unpaired) electrons. The van der Waals surface area contributed by atoms with E-state index in [4.69, 9.17) is 4.74 Å². The van der Waals surface area contributed by atoms with Crippen molar-refractivity contribution in [1.82, 2.24) is 15.1 Å². The van der Waals surface area contributed by atoms with Crippen LogP contribution in [0.4, 0.5) is 5.69 Å². The number of nitrogens with zero attached hydrogens (tertiary/aromatic N) is 3. The Bertz CT molecular complexity index is 686. The van der Waals surface area contributed by atoms with Crippen molar-refractivity contribution in [1.29, 1.82) is 0 Å². The molecule has 2 aliphatic heterocycles. The number of methoxy groups -OCH3 is 1. The minimum atomic E-state index is 0.0896. The average molecular weight is 389 g/mol. The minimum Gasteiger partial charge on any atom is -0.497 e. The molecule has 3 rings (SSSR count). The monoisotopic (exact) mass is 388 g/mol. The van der Waals surface area contributed by atoms with Gasteiger partial charge < -0.3 is 15.0 Å². The number of anilines is 1. The first-order valence-corrected chi connectivity index (χ1v) is 10.3. The number of amides is 2. The molecule has 1 N–H and O–H groups in total. The highest BCUT2D eigenvalue weighted by Crippen LogP contribution is 2.30. The van der Waals surface area contributed by atoms with Crippen LogP contribution in [0.2, 0.25) is 0 Å². The van der Waals surface area contributed by atoms with Gasteiger partial charge in [-0.15, -0.1) is 0 Å². The van der Waals surface area contributed by atoms with Gasteiger partial charge >= 0.3 is 0 Å². The summed E-state index contributed by atoms with van der Waals surface area (Å²) < 4.78 is 5.31. The molecule has 7 nitrogen and oxygen atoms in total. The van der Waals surface area contributed by atoms with E-state index in [0.29, 0.717) is 13.1 Å². The first-order chi connectivity index (χ1) is 13.6. The minimum absolute atomic E-state index is 0.0896. The Balaban J connectivity index is 1.50. The molecule has 0 bridgehead atoms. The predicted octanol–water partition coefficient (Wildman–Crippen LogP) is 1.12. The summed E-state index contributed by atoms with van der Waals surface area (Å²) in [4.78, 5) is 31.1. The molecule has 1 fully saturated rings. The van der Waals surface area contributed by atoms with Gasteiger partial charge in [0.2, 0.25) is 11.8 Å². The Morgan fingerprint density at radius 3 is 2.46 bits per heavy atom. The second-order valence-corrected chi connectivity index (χ2v) is 7.55. The van der Waals surface area contributed by atoms with Crippen molar-refractivity contribution in [2.45, 2.75) is 26.2 Å². The van der Waals surface area contributed by atoms with Crippen molar-refractivity contribution >= 4 is 17.5 Å². The van der Waals surface area contributed by atoms with E-state index >= 15 is 0 Å². The fourth-order valence-corrected chi connectivity index (χ4v) is 3.87. The molecule has 2 amide bonds. The number of aryl methyl sites for hydroxylation is 1. The second kappa shape index (κ2) is 9.89. The number of carbonyl (C=O) groups excluding carboxylic acids is 2. The van der Waals surface area contributed by atoms with Crippen molar-refractivity contribution in [2.75, 3.05) is 64.4 Å².